The van der Waals surface area contributed by atoms with Gasteiger partial charge in [-0.2, -0.15) is 0 Å². The quantitative estimate of drug-likeness (QED) is 0.850. The van der Waals surface area contributed by atoms with Crippen LogP contribution in [0.4, 0.5) is 0 Å². The van der Waals surface area contributed by atoms with E-state index in [1.54, 1.807) is 12.1 Å². The number of aromatic hydroxyl groups is 1. The fourth-order valence-electron chi connectivity index (χ4n) is 2.57. The van der Waals surface area contributed by atoms with Gasteiger partial charge in [-0.3, -0.25) is 0 Å². The van der Waals surface area contributed by atoms with Crippen LogP contribution in [0.5, 0.6) is 11.5 Å². The number of hydrogen-bond donors (Lipinski definition) is 2. The van der Waals surface area contributed by atoms with Gasteiger partial charge in [-0.1, -0.05) is 0 Å². The highest BCUT2D eigenvalue weighted by molar-refractivity contribution is 7.13. The van der Waals surface area contributed by atoms with Crippen LogP contribution < -0.4 is 4.74 Å². The lowest BCUT2D eigenvalue weighted by molar-refractivity contribution is 0.0509. The number of esters is 1. The molecule has 22 heavy (non-hydrogen) atoms. The fraction of sp³-hybridized carbons (Fsp3) is 0.312. The molecule has 2 aromatic rings. The van der Waals surface area contributed by atoms with Gasteiger partial charge in [0.1, 0.15) is 16.4 Å². The van der Waals surface area contributed by atoms with Crippen molar-refractivity contribution in [2.24, 2.45) is 5.92 Å². The maximum Gasteiger partial charge on any atom is 0.348 e. The van der Waals surface area contributed by atoms with Crippen molar-refractivity contribution in [3.63, 3.8) is 0 Å². The number of carbonyl (C=O) groups is 1. The van der Waals surface area contributed by atoms with E-state index < -0.39 is 6.10 Å². The van der Waals surface area contributed by atoms with Crippen molar-refractivity contribution < 1.29 is 24.5 Å². The second-order valence-electron chi connectivity index (χ2n) is 5.20. The number of aliphatic hydroxyl groups is 1. The van der Waals surface area contributed by atoms with Gasteiger partial charge in [0.25, 0.3) is 0 Å². The third-order valence-electron chi connectivity index (χ3n) is 3.72. The molecule has 2 N–H and O–H groups in total. The predicted octanol–water partition coefficient (Wildman–Crippen LogP) is 2.53. The number of ether oxygens (including phenoxy) is 2. The van der Waals surface area contributed by atoms with Crippen molar-refractivity contribution in [3.8, 4) is 11.5 Å². The van der Waals surface area contributed by atoms with Crippen LogP contribution in [-0.4, -0.2) is 29.9 Å². The van der Waals surface area contributed by atoms with Gasteiger partial charge in [0.05, 0.1) is 19.8 Å². The van der Waals surface area contributed by atoms with E-state index in [4.69, 9.17) is 4.74 Å². The first-order chi connectivity index (χ1) is 10.6. The van der Waals surface area contributed by atoms with Crippen LogP contribution in [-0.2, 0) is 11.2 Å². The average molecular weight is 320 g/mol. The zero-order chi connectivity index (χ0) is 15.7. The number of aliphatic hydroxyl groups excluding tert-OH is 1. The Hall–Kier alpha value is -2.05. The van der Waals surface area contributed by atoms with Crippen molar-refractivity contribution in [2.75, 3.05) is 13.7 Å². The predicted molar refractivity (Wildman–Crippen MR) is 81.4 cm³/mol. The largest absolute Gasteiger partial charge is 0.508 e. The van der Waals surface area contributed by atoms with Gasteiger partial charge >= 0.3 is 5.97 Å². The minimum Gasteiger partial charge on any atom is -0.508 e. The molecule has 3 rings (SSSR count). The van der Waals surface area contributed by atoms with Crippen LogP contribution in [0.25, 0.3) is 0 Å². The molecule has 0 unspecified atom stereocenters. The van der Waals surface area contributed by atoms with Crippen molar-refractivity contribution >= 4 is 17.3 Å². The van der Waals surface area contributed by atoms with Crippen molar-refractivity contribution in [1.29, 1.82) is 0 Å². The number of fused-ring (bicyclic) bond motifs is 1. The van der Waals surface area contributed by atoms with Gasteiger partial charge in [0.2, 0.25) is 0 Å². The molecule has 0 saturated carbocycles. The number of rotatable bonds is 3. The van der Waals surface area contributed by atoms with Crippen molar-refractivity contribution in [2.45, 2.75) is 12.5 Å². The van der Waals surface area contributed by atoms with E-state index in [0.29, 0.717) is 29.2 Å². The van der Waals surface area contributed by atoms with Crippen molar-refractivity contribution in [1.82, 2.24) is 0 Å². The minimum atomic E-state index is -0.709. The third kappa shape index (κ3) is 2.80. The summed E-state index contributed by atoms with van der Waals surface area (Å²) >= 11 is 1.36. The van der Waals surface area contributed by atoms with Gasteiger partial charge in [-0.05, 0) is 36.8 Å². The summed E-state index contributed by atoms with van der Waals surface area (Å²) in [5, 5.41) is 20.0. The summed E-state index contributed by atoms with van der Waals surface area (Å²) in [5.41, 5.74) is 0.598. The first-order valence-corrected chi connectivity index (χ1v) is 7.71. The molecule has 0 bridgehead atoms. The molecule has 1 aromatic carbocycles. The maximum absolute atomic E-state index is 11.5. The molecule has 0 fully saturated rings. The van der Waals surface area contributed by atoms with E-state index in [9.17, 15) is 15.0 Å². The van der Waals surface area contributed by atoms with Gasteiger partial charge in [-0.25, -0.2) is 4.79 Å². The summed E-state index contributed by atoms with van der Waals surface area (Å²) in [6.07, 6.45) is -0.114. The molecule has 5 nitrogen and oxygen atoms in total. The number of methoxy groups -OCH3 is 1. The van der Waals surface area contributed by atoms with Crippen LogP contribution >= 0.6 is 11.3 Å². The molecule has 2 heterocycles. The summed E-state index contributed by atoms with van der Waals surface area (Å²) in [6.45, 7) is 0.393. The Bertz CT molecular complexity index is 694. The second kappa shape index (κ2) is 5.98. The number of benzene rings is 1. The molecule has 0 radical (unpaired) electrons. The monoisotopic (exact) mass is 320 g/mol. The molecule has 1 aliphatic heterocycles. The number of hydrogen-bond acceptors (Lipinski definition) is 6. The lowest BCUT2D eigenvalue weighted by Crippen LogP contribution is -2.27. The summed E-state index contributed by atoms with van der Waals surface area (Å²) in [5.74, 6) is 0.222. The molecule has 0 saturated heterocycles. The Balaban J connectivity index is 1.76. The molecule has 0 aliphatic carbocycles. The van der Waals surface area contributed by atoms with Gasteiger partial charge in [0.15, 0.2) is 0 Å². The Kier molecular flexibility index (Phi) is 4.04. The fourth-order valence-corrected chi connectivity index (χ4v) is 3.59. The van der Waals surface area contributed by atoms with Crippen LogP contribution in [0.1, 0.15) is 26.2 Å². The van der Waals surface area contributed by atoms with Crippen LogP contribution in [0.15, 0.2) is 30.3 Å². The topological polar surface area (TPSA) is 76.0 Å². The molecule has 1 aromatic heterocycles. The highest BCUT2D eigenvalue weighted by atomic mass is 32.1. The lowest BCUT2D eigenvalue weighted by Gasteiger charge is -2.30. The molecule has 0 spiro atoms. The Morgan fingerprint density at radius 2 is 2.23 bits per heavy atom. The van der Waals surface area contributed by atoms with E-state index in [0.717, 1.165) is 4.88 Å². The highest BCUT2D eigenvalue weighted by Gasteiger charge is 2.30. The van der Waals surface area contributed by atoms with E-state index in [2.05, 4.69) is 4.74 Å². The van der Waals surface area contributed by atoms with Gasteiger partial charge in [-0.15, -0.1) is 11.3 Å². The summed E-state index contributed by atoms with van der Waals surface area (Å²) in [4.78, 5) is 13.0. The van der Waals surface area contributed by atoms with Gasteiger partial charge < -0.3 is 19.7 Å². The van der Waals surface area contributed by atoms with Crippen LogP contribution in [0.3, 0.4) is 0 Å². The second-order valence-corrected chi connectivity index (χ2v) is 6.37. The van der Waals surface area contributed by atoms with E-state index in [-0.39, 0.29) is 17.6 Å². The van der Waals surface area contributed by atoms with E-state index in [1.165, 1.54) is 30.6 Å². The zero-order valence-corrected chi connectivity index (χ0v) is 12.8. The standard InChI is InChI=1S/C16H16O5S/c1-20-16(19)14-5-3-11(22-14)6-9-8-21-13-4-2-10(17)7-12(13)15(9)18/h2-5,7,9,15,17-18H,6,8H2,1H3/t9-,15-/m0/s1. The molecule has 6 heteroatoms. The number of thiophene rings is 1. The zero-order valence-electron chi connectivity index (χ0n) is 12.0. The molecular formula is C16H16O5S. The number of phenolic OH excluding ortho intramolecular Hbond substituents is 1. The maximum atomic E-state index is 11.5. The molecule has 2 atom stereocenters. The Morgan fingerprint density at radius 1 is 1.41 bits per heavy atom. The van der Waals surface area contributed by atoms with E-state index in [1.807, 2.05) is 6.07 Å². The SMILES string of the molecule is COC(=O)c1ccc(C[C@H]2COc3ccc(O)cc3[C@H]2O)s1. The first-order valence-electron chi connectivity index (χ1n) is 6.89. The van der Waals surface area contributed by atoms with Gasteiger partial charge in [0, 0.05) is 16.4 Å². The highest BCUT2D eigenvalue weighted by Crippen LogP contribution is 2.39. The summed E-state index contributed by atoms with van der Waals surface area (Å²) in [7, 11) is 1.35. The molecular weight excluding hydrogens is 304 g/mol. The Labute approximate surface area is 131 Å². The Morgan fingerprint density at radius 3 is 3.00 bits per heavy atom. The molecule has 116 valence electrons. The number of phenols is 1. The smallest absolute Gasteiger partial charge is 0.348 e. The molecule has 0 amide bonds. The first kappa shape index (κ1) is 14.9. The lowest BCUT2D eigenvalue weighted by atomic mass is 9.90. The number of carbonyl (C=O) groups excluding carboxylic acids is 1. The molecule has 1 aliphatic rings. The van der Waals surface area contributed by atoms with E-state index >= 15 is 0 Å². The normalized spacial score (nSPS) is 20.1. The van der Waals surface area contributed by atoms with Crippen molar-refractivity contribution in [3.05, 3.63) is 45.6 Å². The van der Waals surface area contributed by atoms with Crippen LogP contribution in [0.2, 0.25) is 0 Å². The summed E-state index contributed by atoms with van der Waals surface area (Å²) in [6, 6.07) is 8.31. The third-order valence-corrected chi connectivity index (χ3v) is 4.81. The minimum absolute atomic E-state index is 0.103. The summed E-state index contributed by atoms with van der Waals surface area (Å²) < 4.78 is 10.3. The van der Waals surface area contributed by atoms with Crippen LogP contribution in [0, 0.1) is 5.92 Å². The average Bonchev–Trinajstić information content (AvgIpc) is 2.98.